The highest BCUT2D eigenvalue weighted by Gasteiger charge is 2.30. The number of ether oxygens (including phenoxy) is 2. The van der Waals surface area contributed by atoms with Crippen molar-refractivity contribution in [3.8, 4) is 22.7 Å². The van der Waals surface area contributed by atoms with Crippen LogP contribution in [0.25, 0.3) is 16.9 Å². The van der Waals surface area contributed by atoms with Crippen LogP contribution in [-0.2, 0) is 22.1 Å². The second-order valence-electron chi connectivity index (χ2n) is 8.31. The first-order chi connectivity index (χ1) is 17.3. The smallest absolute Gasteiger partial charge is 0.416 e. The van der Waals surface area contributed by atoms with Gasteiger partial charge in [-0.05, 0) is 85.6 Å². The standard InChI is InChI=1S/C29H26F3NO3/c1-3-35-28(34)27(19-21-7-5-4-6-8-21)36-25-16-10-22(11-17-25)26-18-9-20(2)33(26)24-14-12-23(13-15-24)29(30,31)32/h4-18,27H,3,19H2,1-2H3/t27-/m1/s1. The molecule has 0 bridgehead atoms. The lowest BCUT2D eigenvalue weighted by Crippen LogP contribution is -2.31. The van der Waals surface area contributed by atoms with Crippen LogP contribution < -0.4 is 4.74 Å². The van der Waals surface area contributed by atoms with E-state index in [0.29, 0.717) is 17.9 Å². The summed E-state index contributed by atoms with van der Waals surface area (Å²) in [4.78, 5) is 12.5. The van der Waals surface area contributed by atoms with Gasteiger partial charge in [-0.1, -0.05) is 30.3 Å². The predicted molar refractivity (Wildman–Crippen MR) is 132 cm³/mol. The molecular weight excluding hydrogens is 467 g/mol. The summed E-state index contributed by atoms with van der Waals surface area (Å²) in [6.45, 7) is 3.90. The van der Waals surface area contributed by atoms with Crippen LogP contribution in [0.15, 0.2) is 91.0 Å². The van der Waals surface area contributed by atoms with Crippen LogP contribution in [0, 0.1) is 6.92 Å². The number of nitrogens with zero attached hydrogens (tertiary/aromatic N) is 1. The Balaban J connectivity index is 1.56. The zero-order valence-corrected chi connectivity index (χ0v) is 20.0. The molecule has 0 fully saturated rings. The molecule has 1 aromatic heterocycles. The Hall–Kier alpha value is -4.00. The number of carbonyl (C=O) groups is 1. The second kappa shape index (κ2) is 10.7. The zero-order valence-electron chi connectivity index (χ0n) is 20.0. The maximum atomic E-state index is 13.0. The predicted octanol–water partition coefficient (Wildman–Crippen LogP) is 7.02. The molecule has 0 unspecified atom stereocenters. The van der Waals surface area contributed by atoms with Crippen molar-refractivity contribution in [2.75, 3.05) is 6.61 Å². The molecule has 4 rings (SSSR count). The monoisotopic (exact) mass is 493 g/mol. The van der Waals surface area contributed by atoms with Crippen molar-refractivity contribution in [1.29, 1.82) is 0 Å². The zero-order chi connectivity index (χ0) is 25.7. The van der Waals surface area contributed by atoms with Crippen molar-refractivity contribution in [3.05, 3.63) is 108 Å². The Kier molecular flexibility index (Phi) is 7.48. The first-order valence-corrected chi connectivity index (χ1v) is 11.6. The van der Waals surface area contributed by atoms with Gasteiger partial charge in [0.2, 0.25) is 0 Å². The van der Waals surface area contributed by atoms with Gasteiger partial charge in [0, 0.05) is 17.8 Å². The van der Waals surface area contributed by atoms with Gasteiger partial charge in [-0.3, -0.25) is 0 Å². The van der Waals surface area contributed by atoms with Gasteiger partial charge < -0.3 is 14.0 Å². The van der Waals surface area contributed by atoms with Gasteiger partial charge in [-0.25, -0.2) is 4.79 Å². The number of hydrogen-bond donors (Lipinski definition) is 0. The van der Waals surface area contributed by atoms with Crippen LogP contribution in [0.4, 0.5) is 13.2 Å². The number of halogens is 3. The number of esters is 1. The summed E-state index contributed by atoms with van der Waals surface area (Å²) < 4.78 is 52.0. The lowest BCUT2D eigenvalue weighted by atomic mass is 10.1. The molecule has 1 heterocycles. The van der Waals surface area contributed by atoms with Gasteiger partial charge in [0.25, 0.3) is 0 Å². The lowest BCUT2D eigenvalue weighted by Gasteiger charge is -2.18. The van der Waals surface area contributed by atoms with E-state index in [2.05, 4.69) is 0 Å². The molecule has 0 saturated carbocycles. The van der Waals surface area contributed by atoms with Gasteiger partial charge >= 0.3 is 12.1 Å². The minimum absolute atomic E-state index is 0.257. The van der Waals surface area contributed by atoms with Crippen LogP contribution in [0.1, 0.15) is 23.7 Å². The summed E-state index contributed by atoms with van der Waals surface area (Å²) in [5, 5.41) is 0. The van der Waals surface area contributed by atoms with Gasteiger partial charge in [-0.2, -0.15) is 13.2 Å². The first-order valence-electron chi connectivity index (χ1n) is 11.6. The molecule has 0 radical (unpaired) electrons. The Morgan fingerprint density at radius 3 is 2.17 bits per heavy atom. The molecule has 0 amide bonds. The molecule has 0 aliphatic rings. The molecule has 4 nitrogen and oxygen atoms in total. The molecule has 0 spiro atoms. The third-order valence-electron chi connectivity index (χ3n) is 5.77. The van der Waals surface area contributed by atoms with Crippen molar-refractivity contribution in [2.24, 2.45) is 0 Å². The van der Waals surface area contributed by atoms with E-state index in [0.717, 1.165) is 34.6 Å². The van der Waals surface area contributed by atoms with E-state index in [4.69, 9.17) is 9.47 Å². The molecule has 0 saturated heterocycles. The van der Waals surface area contributed by atoms with Crippen LogP contribution in [0.2, 0.25) is 0 Å². The molecule has 36 heavy (non-hydrogen) atoms. The number of alkyl halides is 3. The molecule has 7 heteroatoms. The number of aryl methyl sites for hydroxylation is 1. The Morgan fingerprint density at radius 2 is 1.56 bits per heavy atom. The van der Waals surface area contributed by atoms with Gasteiger partial charge in [-0.15, -0.1) is 0 Å². The Morgan fingerprint density at radius 1 is 0.889 bits per heavy atom. The highest BCUT2D eigenvalue weighted by atomic mass is 19.4. The average molecular weight is 494 g/mol. The molecule has 0 N–H and O–H groups in total. The quantitative estimate of drug-likeness (QED) is 0.248. The number of carbonyl (C=O) groups excluding carboxylic acids is 1. The molecule has 0 aliphatic heterocycles. The second-order valence-corrected chi connectivity index (χ2v) is 8.31. The van der Waals surface area contributed by atoms with E-state index in [1.807, 2.05) is 66.1 Å². The Bertz CT molecular complexity index is 1290. The maximum absolute atomic E-state index is 13.0. The van der Waals surface area contributed by atoms with E-state index in [9.17, 15) is 18.0 Å². The fourth-order valence-electron chi connectivity index (χ4n) is 4.01. The van der Waals surface area contributed by atoms with E-state index in [-0.39, 0.29) is 6.61 Å². The minimum atomic E-state index is -4.38. The number of rotatable bonds is 8. The number of aromatic nitrogens is 1. The van der Waals surface area contributed by atoms with Crippen LogP contribution >= 0.6 is 0 Å². The van der Waals surface area contributed by atoms with Crippen LogP contribution in [-0.4, -0.2) is 23.2 Å². The molecule has 4 aromatic rings. The average Bonchev–Trinajstić information content (AvgIpc) is 3.25. The third kappa shape index (κ3) is 5.79. The number of benzene rings is 3. The van der Waals surface area contributed by atoms with Crippen molar-refractivity contribution in [2.45, 2.75) is 32.5 Å². The summed E-state index contributed by atoms with van der Waals surface area (Å²) in [6, 6.07) is 25.7. The highest BCUT2D eigenvalue weighted by Crippen LogP contribution is 2.32. The van der Waals surface area contributed by atoms with Crippen molar-refractivity contribution < 1.29 is 27.4 Å². The molecule has 186 valence electrons. The van der Waals surface area contributed by atoms with Gasteiger partial charge in [0.1, 0.15) is 5.75 Å². The fourth-order valence-corrected chi connectivity index (χ4v) is 4.01. The normalized spacial score (nSPS) is 12.2. The van der Waals surface area contributed by atoms with E-state index in [1.54, 1.807) is 19.1 Å². The van der Waals surface area contributed by atoms with E-state index >= 15 is 0 Å². The summed E-state index contributed by atoms with van der Waals surface area (Å²) >= 11 is 0. The minimum Gasteiger partial charge on any atom is -0.478 e. The maximum Gasteiger partial charge on any atom is 0.416 e. The molecular formula is C29H26F3NO3. The highest BCUT2D eigenvalue weighted by molar-refractivity contribution is 5.75. The van der Waals surface area contributed by atoms with Crippen molar-refractivity contribution >= 4 is 5.97 Å². The topological polar surface area (TPSA) is 40.5 Å². The summed E-state index contributed by atoms with van der Waals surface area (Å²) in [6.07, 6.45) is -4.81. The SMILES string of the molecule is CCOC(=O)[C@@H](Cc1ccccc1)Oc1ccc(-c2ccc(C)n2-c2ccc(C(F)(F)F)cc2)cc1. The Labute approximate surface area is 207 Å². The largest absolute Gasteiger partial charge is 0.478 e. The summed E-state index contributed by atoms with van der Waals surface area (Å²) in [5.74, 6) is 0.0781. The summed E-state index contributed by atoms with van der Waals surface area (Å²) in [7, 11) is 0. The number of hydrogen-bond acceptors (Lipinski definition) is 3. The van der Waals surface area contributed by atoms with Crippen LogP contribution in [0.3, 0.4) is 0 Å². The summed E-state index contributed by atoms with van der Waals surface area (Å²) in [5.41, 5.74) is 3.46. The van der Waals surface area contributed by atoms with E-state index < -0.39 is 23.8 Å². The van der Waals surface area contributed by atoms with Crippen molar-refractivity contribution in [3.63, 3.8) is 0 Å². The van der Waals surface area contributed by atoms with Gasteiger partial charge in [0.05, 0.1) is 17.9 Å². The first kappa shape index (κ1) is 25.1. The fraction of sp³-hybridized carbons (Fsp3) is 0.207. The third-order valence-corrected chi connectivity index (χ3v) is 5.77. The molecule has 0 aliphatic carbocycles. The van der Waals surface area contributed by atoms with Crippen LogP contribution in [0.5, 0.6) is 5.75 Å². The molecule has 3 aromatic carbocycles. The molecule has 1 atom stereocenters. The van der Waals surface area contributed by atoms with Gasteiger partial charge in [0.15, 0.2) is 6.10 Å². The van der Waals surface area contributed by atoms with Crippen molar-refractivity contribution in [1.82, 2.24) is 4.57 Å². The van der Waals surface area contributed by atoms with E-state index in [1.165, 1.54) is 12.1 Å². The lowest BCUT2D eigenvalue weighted by molar-refractivity contribution is -0.151.